The van der Waals surface area contributed by atoms with Crippen molar-refractivity contribution in [2.24, 2.45) is 5.10 Å². The van der Waals surface area contributed by atoms with Gasteiger partial charge in [0.2, 0.25) is 5.91 Å². The summed E-state index contributed by atoms with van der Waals surface area (Å²) in [5.41, 5.74) is 4.24. The Bertz CT molecular complexity index is 971. The van der Waals surface area contributed by atoms with E-state index in [-0.39, 0.29) is 11.8 Å². The molecule has 2 amide bonds. The molecule has 0 aliphatic heterocycles. The van der Waals surface area contributed by atoms with Gasteiger partial charge in [0.1, 0.15) is 0 Å². The molecule has 1 aromatic heterocycles. The first-order valence-electron chi connectivity index (χ1n) is 8.12. The van der Waals surface area contributed by atoms with Gasteiger partial charge in [-0.25, -0.2) is 5.43 Å². The van der Waals surface area contributed by atoms with Crippen LogP contribution in [0.15, 0.2) is 71.1 Å². The quantitative estimate of drug-likeness (QED) is 0.479. The molecule has 0 atom stereocenters. The van der Waals surface area contributed by atoms with Crippen molar-refractivity contribution in [3.05, 3.63) is 87.1 Å². The third kappa shape index (κ3) is 5.51. The van der Waals surface area contributed by atoms with Gasteiger partial charge in [-0.3, -0.25) is 9.59 Å². The number of carbonyl (C=O) groups excluding carboxylic acids is 2. The van der Waals surface area contributed by atoms with Crippen molar-refractivity contribution < 1.29 is 9.59 Å². The molecule has 0 radical (unpaired) electrons. The molecule has 0 aliphatic carbocycles. The molecule has 3 rings (SSSR count). The lowest BCUT2D eigenvalue weighted by Gasteiger charge is -2.07. The average Bonchev–Trinajstić information content (AvgIpc) is 3.15. The van der Waals surface area contributed by atoms with E-state index in [4.69, 9.17) is 11.6 Å². The fourth-order valence-corrected chi connectivity index (χ4v) is 3.26. The first-order valence-corrected chi connectivity index (χ1v) is 9.38. The Kier molecular flexibility index (Phi) is 6.35. The number of hydrogen-bond acceptors (Lipinski definition) is 4. The number of nitrogens with zero attached hydrogens (tertiary/aromatic N) is 1. The number of hydrazone groups is 1. The van der Waals surface area contributed by atoms with Crippen LogP contribution in [0.4, 0.5) is 5.69 Å². The Balaban J connectivity index is 1.59. The molecule has 2 N–H and O–H groups in total. The monoisotopic (exact) mass is 397 g/mol. The summed E-state index contributed by atoms with van der Waals surface area (Å²) in [6.07, 6.45) is 1.82. The maximum absolute atomic E-state index is 12.3. The number of hydrogen-bond donors (Lipinski definition) is 2. The summed E-state index contributed by atoms with van der Waals surface area (Å²) in [6.45, 7) is 0. The van der Waals surface area contributed by atoms with Crippen molar-refractivity contribution >= 4 is 46.7 Å². The van der Waals surface area contributed by atoms with Gasteiger partial charge in [-0.05, 0) is 41.3 Å². The van der Waals surface area contributed by atoms with E-state index in [0.717, 1.165) is 10.4 Å². The Morgan fingerprint density at radius 2 is 1.93 bits per heavy atom. The highest BCUT2D eigenvalue weighted by Crippen LogP contribution is 2.17. The molecule has 3 aromatic rings. The van der Waals surface area contributed by atoms with Crippen molar-refractivity contribution in [3.63, 3.8) is 0 Å². The lowest BCUT2D eigenvalue weighted by Crippen LogP contribution is -2.19. The van der Waals surface area contributed by atoms with Gasteiger partial charge < -0.3 is 5.32 Å². The number of rotatable bonds is 6. The number of thiophene rings is 1. The van der Waals surface area contributed by atoms with Crippen molar-refractivity contribution in [1.82, 2.24) is 5.43 Å². The fourth-order valence-electron chi connectivity index (χ4n) is 2.33. The zero-order chi connectivity index (χ0) is 19.1. The molecule has 0 spiro atoms. The minimum atomic E-state index is -0.293. The Morgan fingerprint density at radius 3 is 2.70 bits per heavy atom. The number of halogens is 1. The van der Waals surface area contributed by atoms with Crippen LogP contribution in [0.1, 0.15) is 20.8 Å². The lowest BCUT2D eigenvalue weighted by atomic mass is 10.2. The zero-order valence-electron chi connectivity index (χ0n) is 14.2. The minimum absolute atomic E-state index is 0.183. The van der Waals surface area contributed by atoms with Gasteiger partial charge in [0.25, 0.3) is 5.91 Å². The van der Waals surface area contributed by atoms with E-state index in [2.05, 4.69) is 15.8 Å². The number of nitrogens with one attached hydrogen (secondary N) is 2. The third-order valence-electron chi connectivity index (χ3n) is 3.58. The summed E-state index contributed by atoms with van der Waals surface area (Å²) in [5.74, 6) is -0.476. The smallest absolute Gasteiger partial charge is 0.257 e. The Morgan fingerprint density at radius 1 is 1.07 bits per heavy atom. The van der Waals surface area contributed by atoms with Crippen LogP contribution in [0, 0.1) is 0 Å². The molecule has 0 saturated carbocycles. The molecule has 7 heteroatoms. The van der Waals surface area contributed by atoms with E-state index in [1.807, 2.05) is 23.6 Å². The van der Waals surface area contributed by atoms with Gasteiger partial charge in [0, 0.05) is 10.6 Å². The first kappa shape index (κ1) is 18.8. The lowest BCUT2D eigenvalue weighted by molar-refractivity contribution is -0.120. The SMILES string of the molecule is O=C(Cc1cccs1)N/N=C/c1cccc(NC(=O)c2ccccc2Cl)c1. The van der Waals surface area contributed by atoms with Crippen LogP contribution in [-0.4, -0.2) is 18.0 Å². The van der Waals surface area contributed by atoms with Crippen LogP contribution in [-0.2, 0) is 11.2 Å². The molecule has 0 saturated heterocycles. The molecule has 2 aromatic carbocycles. The second-order valence-electron chi connectivity index (χ2n) is 5.61. The highest BCUT2D eigenvalue weighted by Gasteiger charge is 2.09. The minimum Gasteiger partial charge on any atom is -0.322 e. The van der Waals surface area contributed by atoms with Crippen LogP contribution >= 0.6 is 22.9 Å². The molecule has 27 heavy (non-hydrogen) atoms. The van der Waals surface area contributed by atoms with E-state index in [0.29, 0.717) is 22.7 Å². The zero-order valence-corrected chi connectivity index (χ0v) is 15.8. The number of carbonyl (C=O) groups is 2. The summed E-state index contributed by atoms with van der Waals surface area (Å²) in [5, 5.41) is 9.07. The standard InChI is InChI=1S/C20H16ClN3O2S/c21-18-9-2-1-8-17(18)20(26)23-15-6-3-5-14(11-15)13-22-24-19(25)12-16-7-4-10-27-16/h1-11,13H,12H2,(H,23,26)(H,24,25)/b22-13+. The van der Waals surface area contributed by atoms with E-state index in [1.54, 1.807) is 42.5 Å². The van der Waals surface area contributed by atoms with Crippen molar-refractivity contribution in [2.45, 2.75) is 6.42 Å². The molecule has 1 heterocycles. The van der Waals surface area contributed by atoms with E-state index < -0.39 is 0 Å². The summed E-state index contributed by atoms with van der Waals surface area (Å²) >= 11 is 7.57. The van der Waals surface area contributed by atoms with Crippen LogP contribution < -0.4 is 10.7 Å². The Labute approximate surface area is 165 Å². The van der Waals surface area contributed by atoms with E-state index in [9.17, 15) is 9.59 Å². The second-order valence-corrected chi connectivity index (χ2v) is 7.05. The molecule has 0 aliphatic rings. The second kappa shape index (κ2) is 9.12. The summed E-state index contributed by atoms with van der Waals surface area (Å²) < 4.78 is 0. The normalized spacial score (nSPS) is 10.7. The molecular formula is C20H16ClN3O2S. The molecular weight excluding hydrogens is 382 g/mol. The Hall–Kier alpha value is -2.96. The molecule has 136 valence electrons. The van der Waals surface area contributed by atoms with Gasteiger partial charge in [-0.2, -0.15) is 5.10 Å². The average molecular weight is 398 g/mol. The van der Waals surface area contributed by atoms with Crippen LogP contribution in [0.5, 0.6) is 0 Å². The summed E-state index contributed by atoms with van der Waals surface area (Å²) in [7, 11) is 0. The van der Waals surface area contributed by atoms with Crippen LogP contribution in [0.3, 0.4) is 0 Å². The van der Waals surface area contributed by atoms with Gasteiger partial charge in [0.15, 0.2) is 0 Å². The van der Waals surface area contributed by atoms with Crippen LogP contribution in [0.25, 0.3) is 0 Å². The summed E-state index contributed by atoms with van der Waals surface area (Å²) in [6, 6.07) is 17.8. The topological polar surface area (TPSA) is 70.6 Å². The van der Waals surface area contributed by atoms with Crippen molar-refractivity contribution in [2.75, 3.05) is 5.32 Å². The van der Waals surface area contributed by atoms with Crippen molar-refractivity contribution in [3.8, 4) is 0 Å². The van der Waals surface area contributed by atoms with Gasteiger partial charge in [0.05, 0.1) is 23.2 Å². The van der Waals surface area contributed by atoms with Gasteiger partial charge in [-0.15, -0.1) is 11.3 Å². The third-order valence-corrected chi connectivity index (χ3v) is 4.79. The van der Waals surface area contributed by atoms with Gasteiger partial charge in [-0.1, -0.05) is 41.9 Å². The molecule has 0 fully saturated rings. The van der Waals surface area contributed by atoms with Crippen LogP contribution in [0.2, 0.25) is 5.02 Å². The predicted octanol–water partition coefficient (Wildman–Crippen LogP) is 4.35. The summed E-state index contributed by atoms with van der Waals surface area (Å²) in [4.78, 5) is 25.1. The highest BCUT2D eigenvalue weighted by molar-refractivity contribution is 7.10. The number of anilines is 1. The number of benzene rings is 2. The predicted molar refractivity (Wildman–Crippen MR) is 110 cm³/mol. The van der Waals surface area contributed by atoms with Crippen molar-refractivity contribution in [1.29, 1.82) is 0 Å². The fraction of sp³-hybridized carbons (Fsp3) is 0.0500. The molecule has 0 bridgehead atoms. The highest BCUT2D eigenvalue weighted by atomic mass is 35.5. The first-order chi connectivity index (χ1) is 13.1. The number of amides is 2. The maximum atomic E-state index is 12.3. The van der Waals surface area contributed by atoms with E-state index >= 15 is 0 Å². The largest absolute Gasteiger partial charge is 0.322 e. The van der Waals surface area contributed by atoms with Gasteiger partial charge >= 0.3 is 0 Å². The molecule has 0 unspecified atom stereocenters. The maximum Gasteiger partial charge on any atom is 0.257 e. The molecule has 5 nitrogen and oxygen atoms in total. The van der Waals surface area contributed by atoms with E-state index in [1.165, 1.54) is 17.6 Å².